The summed E-state index contributed by atoms with van der Waals surface area (Å²) in [5.74, 6) is 1.74. The lowest BCUT2D eigenvalue weighted by atomic mass is 10.0. The third-order valence-electron chi connectivity index (χ3n) is 4.45. The van der Waals surface area contributed by atoms with Crippen LogP contribution in [0.15, 0.2) is 84.9 Å². The van der Waals surface area contributed by atoms with Crippen LogP contribution in [-0.2, 0) is 6.54 Å². The molecule has 1 unspecified atom stereocenters. The van der Waals surface area contributed by atoms with Gasteiger partial charge in [-0.2, -0.15) is 0 Å². The van der Waals surface area contributed by atoms with Gasteiger partial charge in [-0.1, -0.05) is 67.6 Å². The largest absolute Gasteiger partial charge is 0.490 e. The van der Waals surface area contributed by atoms with E-state index in [2.05, 4.69) is 48.6 Å². The molecule has 140 valence electrons. The SMILES string of the molecule is CCC(NCc1ccccc1)c1ccc(OCCOc2ccccc2)cc1. The van der Waals surface area contributed by atoms with Crippen molar-refractivity contribution in [2.45, 2.75) is 25.9 Å². The minimum Gasteiger partial charge on any atom is -0.490 e. The van der Waals surface area contributed by atoms with E-state index in [0.29, 0.717) is 19.3 Å². The minimum atomic E-state index is 0.334. The standard InChI is InChI=1S/C24H27NO2/c1-2-24(25-19-20-9-5-3-6-10-20)21-13-15-23(16-14-21)27-18-17-26-22-11-7-4-8-12-22/h3-16,24-25H,2,17-19H2,1H3. The number of ether oxygens (including phenoxy) is 2. The van der Waals surface area contributed by atoms with Crippen LogP contribution >= 0.6 is 0 Å². The Hall–Kier alpha value is -2.78. The Morgan fingerprint density at radius 3 is 1.85 bits per heavy atom. The van der Waals surface area contributed by atoms with Gasteiger partial charge in [0.2, 0.25) is 0 Å². The monoisotopic (exact) mass is 361 g/mol. The molecule has 0 aromatic heterocycles. The Bertz CT molecular complexity index is 772. The Morgan fingerprint density at radius 1 is 0.704 bits per heavy atom. The van der Waals surface area contributed by atoms with Crippen molar-refractivity contribution >= 4 is 0 Å². The molecule has 0 radical (unpaired) electrons. The summed E-state index contributed by atoms with van der Waals surface area (Å²) < 4.78 is 11.4. The van der Waals surface area contributed by atoms with Crippen LogP contribution in [0.4, 0.5) is 0 Å². The molecule has 0 fully saturated rings. The van der Waals surface area contributed by atoms with Gasteiger partial charge in [-0.25, -0.2) is 0 Å². The first-order chi connectivity index (χ1) is 13.3. The summed E-state index contributed by atoms with van der Waals surface area (Å²) in [4.78, 5) is 0. The van der Waals surface area contributed by atoms with Crippen LogP contribution in [0.25, 0.3) is 0 Å². The fourth-order valence-electron chi connectivity index (χ4n) is 2.97. The van der Waals surface area contributed by atoms with Crippen LogP contribution in [0.3, 0.4) is 0 Å². The van der Waals surface area contributed by atoms with Gasteiger partial charge in [0.1, 0.15) is 24.7 Å². The number of para-hydroxylation sites is 1. The molecule has 0 spiro atoms. The van der Waals surface area contributed by atoms with Crippen LogP contribution in [-0.4, -0.2) is 13.2 Å². The van der Waals surface area contributed by atoms with Crippen molar-refractivity contribution in [3.8, 4) is 11.5 Å². The first kappa shape index (κ1) is 19.0. The van der Waals surface area contributed by atoms with E-state index in [9.17, 15) is 0 Å². The number of hydrogen-bond donors (Lipinski definition) is 1. The first-order valence-corrected chi connectivity index (χ1v) is 9.53. The highest BCUT2D eigenvalue weighted by molar-refractivity contribution is 5.29. The number of nitrogens with one attached hydrogen (secondary N) is 1. The lowest BCUT2D eigenvalue weighted by molar-refractivity contribution is 0.217. The summed E-state index contributed by atoms with van der Waals surface area (Å²) in [7, 11) is 0. The molecule has 0 aliphatic rings. The molecule has 27 heavy (non-hydrogen) atoms. The number of benzene rings is 3. The van der Waals surface area contributed by atoms with Gasteiger partial charge in [0, 0.05) is 12.6 Å². The predicted octanol–water partition coefficient (Wildman–Crippen LogP) is 5.39. The van der Waals surface area contributed by atoms with E-state index < -0.39 is 0 Å². The average molecular weight is 361 g/mol. The minimum absolute atomic E-state index is 0.334. The van der Waals surface area contributed by atoms with Gasteiger partial charge in [0.15, 0.2) is 0 Å². The molecule has 3 heteroatoms. The second-order valence-corrected chi connectivity index (χ2v) is 6.41. The summed E-state index contributed by atoms with van der Waals surface area (Å²) in [6.07, 6.45) is 1.04. The average Bonchev–Trinajstić information content (AvgIpc) is 2.74. The van der Waals surface area contributed by atoms with E-state index in [4.69, 9.17) is 9.47 Å². The third kappa shape index (κ3) is 6.15. The van der Waals surface area contributed by atoms with Crippen molar-refractivity contribution in [3.05, 3.63) is 96.1 Å². The van der Waals surface area contributed by atoms with Gasteiger partial charge >= 0.3 is 0 Å². The molecule has 0 saturated heterocycles. The summed E-state index contributed by atoms with van der Waals surface area (Å²) in [5.41, 5.74) is 2.58. The van der Waals surface area contributed by atoms with E-state index in [1.807, 2.05) is 48.5 Å². The molecule has 0 bridgehead atoms. The molecule has 3 aromatic rings. The number of rotatable bonds is 10. The molecule has 3 nitrogen and oxygen atoms in total. The Labute approximate surface area is 162 Å². The summed E-state index contributed by atoms with van der Waals surface area (Å²) in [5, 5.41) is 3.63. The fourth-order valence-corrected chi connectivity index (χ4v) is 2.97. The van der Waals surface area contributed by atoms with Gasteiger partial charge in [0.25, 0.3) is 0 Å². The molecule has 1 atom stereocenters. The maximum absolute atomic E-state index is 5.78. The summed E-state index contributed by atoms with van der Waals surface area (Å²) in [6.45, 7) is 4.13. The lowest BCUT2D eigenvalue weighted by Gasteiger charge is -2.18. The Balaban J connectivity index is 1.45. The van der Waals surface area contributed by atoms with Crippen molar-refractivity contribution in [2.75, 3.05) is 13.2 Å². The zero-order chi connectivity index (χ0) is 18.7. The molecule has 1 N–H and O–H groups in total. The van der Waals surface area contributed by atoms with Crippen molar-refractivity contribution in [1.29, 1.82) is 0 Å². The fraction of sp³-hybridized carbons (Fsp3) is 0.250. The van der Waals surface area contributed by atoms with Crippen LogP contribution in [0.1, 0.15) is 30.5 Å². The van der Waals surface area contributed by atoms with Crippen LogP contribution < -0.4 is 14.8 Å². The van der Waals surface area contributed by atoms with Gasteiger partial charge in [0.05, 0.1) is 0 Å². The Morgan fingerprint density at radius 2 is 1.26 bits per heavy atom. The predicted molar refractivity (Wildman–Crippen MR) is 110 cm³/mol. The van der Waals surface area contributed by atoms with Gasteiger partial charge in [-0.05, 0) is 41.8 Å². The molecule has 0 aliphatic heterocycles. The van der Waals surface area contributed by atoms with Crippen molar-refractivity contribution in [1.82, 2.24) is 5.32 Å². The van der Waals surface area contributed by atoms with E-state index in [0.717, 1.165) is 24.5 Å². The molecule has 0 aliphatic carbocycles. The highest BCUT2D eigenvalue weighted by Crippen LogP contribution is 2.21. The molecular formula is C24H27NO2. The highest BCUT2D eigenvalue weighted by Gasteiger charge is 2.09. The van der Waals surface area contributed by atoms with E-state index in [1.165, 1.54) is 11.1 Å². The number of hydrogen-bond acceptors (Lipinski definition) is 3. The van der Waals surface area contributed by atoms with E-state index in [-0.39, 0.29) is 0 Å². The van der Waals surface area contributed by atoms with Gasteiger partial charge in [-0.15, -0.1) is 0 Å². The maximum atomic E-state index is 5.78. The smallest absolute Gasteiger partial charge is 0.122 e. The lowest BCUT2D eigenvalue weighted by Crippen LogP contribution is -2.20. The van der Waals surface area contributed by atoms with Crippen molar-refractivity contribution in [2.24, 2.45) is 0 Å². The molecule has 3 rings (SSSR count). The molecule has 0 heterocycles. The van der Waals surface area contributed by atoms with Gasteiger partial charge < -0.3 is 14.8 Å². The van der Waals surface area contributed by atoms with E-state index in [1.54, 1.807) is 0 Å². The molecule has 3 aromatic carbocycles. The third-order valence-corrected chi connectivity index (χ3v) is 4.45. The van der Waals surface area contributed by atoms with Crippen molar-refractivity contribution in [3.63, 3.8) is 0 Å². The topological polar surface area (TPSA) is 30.5 Å². The molecule has 0 amide bonds. The maximum Gasteiger partial charge on any atom is 0.122 e. The van der Waals surface area contributed by atoms with E-state index >= 15 is 0 Å². The first-order valence-electron chi connectivity index (χ1n) is 9.53. The van der Waals surface area contributed by atoms with Crippen LogP contribution in [0.5, 0.6) is 11.5 Å². The molecular weight excluding hydrogens is 334 g/mol. The zero-order valence-corrected chi connectivity index (χ0v) is 15.8. The quantitative estimate of drug-likeness (QED) is 0.491. The van der Waals surface area contributed by atoms with Gasteiger partial charge in [-0.3, -0.25) is 0 Å². The Kier molecular flexibility index (Phi) is 7.31. The highest BCUT2D eigenvalue weighted by atomic mass is 16.5. The second kappa shape index (κ2) is 10.4. The second-order valence-electron chi connectivity index (χ2n) is 6.41. The zero-order valence-electron chi connectivity index (χ0n) is 15.8. The normalized spacial score (nSPS) is 11.7. The van der Waals surface area contributed by atoms with Crippen LogP contribution in [0.2, 0.25) is 0 Å². The summed E-state index contributed by atoms with van der Waals surface area (Å²) in [6, 6.07) is 29.0. The van der Waals surface area contributed by atoms with Crippen molar-refractivity contribution < 1.29 is 9.47 Å². The molecule has 0 saturated carbocycles. The van der Waals surface area contributed by atoms with Crippen LogP contribution in [0, 0.1) is 0 Å². The summed E-state index contributed by atoms with van der Waals surface area (Å²) >= 11 is 0.